The molecule has 4 aliphatic rings. The van der Waals surface area contributed by atoms with Gasteiger partial charge in [-0.25, -0.2) is 0 Å². The van der Waals surface area contributed by atoms with Crippen molar-refractivity contribution in [2.24, 2.45) is 40.4 Å². The maximum atomic E-state index is 10.5. The molecule has 0 heterocycles. The Balaban J connectivity index is 1.56. The summed E-state index contributed by atoms with van der Waals surface area (Å²) in [5, 5.41) is 10.5. The van der Waals surface area contributed by atoms with Gasteiger partial charge in [-0.1, -0.05) is 65.3 Å². The van der Waals surface area contributed by atoms with Crippen LogP contribution in [-0.2, 0) is 0 Å². The van der Waals surface area contributed by atoms with E-state index in [1.54, 1.807) is 16.7 Å². The second kappa shape index (κ2) is 7.95. The van der Waals surface area contributed by atoms with Gasteiger partial charge in [-0.2, -0.15) is 0 Å². The van der Waals surface area contributed by atoms with Gasteiger partial charge in [0.25, 0.3) is 0 Å². The molecule has 168 valence electrons. The standard InChI is InChI=1S/C29H46O/c1-18(2)19(3)8-9-20(4)23-12-13-25-22-10-11-24-21(5)27(30)15-17-29(24,7)26(22)14-16-28(23,25)6/h13,18,20-21,23-24,27,30H,3,8-12,14-17H2,1-2,4-7H3. The first kappa shape index (κ1) is 22.4. The van der Waals surface area contributed by atoms with E-state index in [0.717, 1.165) is 18.3 Å². The first-order valence-electron chi connectivity index (χ1n) is 12.9. The van der Waals surface area contributed by atoms with Gasteiger partial charge in [0.15, 0.2) is 0 Å². The largest absolute Gasteiger partial charge is 0.393 e. The molecule has 0 aliphatic heterocycles. The van der Waals surface area contributed by atoms with Crippen LogP contribution in [0.1, 0.15) is 99.3 Å². The van der Waals surface area contributed by atoms with E-state index < -0.39 is 0 Å². The third kappa shape index (κ3) is 3.39. The predicted octanol–water partition coefficient (Wildman–Crippen LogP) is 7.87. The van der Waals surface area contributed by atoms with Crippen LogP contribution in [0, 0.1) is 40.4 Å². The molecular weight excluding hydrogens is 364 g/mol. The molecule has 4 rings (SSSR count). The average Bonchev–Trinajstić information content (AvgIpc) is 3.06. The fourth-order valence-electron chi connectivity index (χ4n) is 8.10. The topological polar surface area (TPSA) is 20.2 Å². The molecule has 0 saturated heterocycles. The quantitative estimate of drug-likeness (QED) is 0.457. The van der Waals surface area contributed by atoms with E-state index >= 15 is 0 Å². The fourth-order valence-corrected chi connectivity index (χ4v) is 8.10. The van der Waals surface area contributed by atoms with Gasteiger partial charge in [0.05, 0.1) is 6.10 Å². The number of aliphatic hydroxyl groups excluding tert-OH is 1. The lowest BCUT2D eigenvalue weighted by molar-refractivity contribution is -0.0287. The number of hydrogen-bond acceptors (Lipinski definition) is 1. The zero-order valence-corrected chi connectivity index (χ0v) is 20.6. The Morgan fingerprint density at radius 3 is 2.57 bits per heavy atom. The number of rotatable bonds is 5. The van der Waals surface area contributed by atoms with Crippen molar-refractivity contribution in [2.45, 2.75) is 105 Å². The predicted molar refractivity (Wildman–Crippen MR) is 128 cm³/mol. The van der Waals surface area contributed by atoms with Crippen LogP contribution >= 0.6 is 0 Å². The molecule has 4 aliphatic carbocycles. The molecule has 0 aromatic heterocycles. The maximum absolute atomic E-state index is 10.5. The summed E-state index contributed by atoms with van der Waals surface area (Å²) in [7, 11) is 0. The van der Waals surface area contributed by atoms with E-state index in [4.69, 9.17) is 0 Å². The van der Waals surface area contributed by atoms with Gasteiger partial charge in [-0.15, -0.1) is 0 Å². The summed E-state index contributed by atoms with van der Waals surface area (Å²) in [5.74, 6) is 3.28. The zero-order valence-electron chi connectivity index (χ0n) is 20.6. The van der Waals surface area contributed by atoms with Crippen molar-refractivity contribution in [3.8, 4) is 0 Å². The third-order valence-corrected chi connectivity index (χ3v) is 10.4. The van der Waals surface area contributed by atoms with Gasteiger partial charge < -0.3 is 5.11 Å². The van der Waals surface area contributed by atoms with Gasteiger partial charge >= 0.3 is 0 Å². The SMILES string of the molecule is C=C(CCC(C)C1CC=C2C3=C(CCC21C)C1(C)CCC(O)C(C)C1CC3)C(C)C. The smallest absolute Gasteiger partial charge is 0.0569 e. The second-order valence-corrected chi connectivity index (χ2v) is 12.2. The van der Waals surface area contributed by atoms with Gasteiger partial charge in [0, 0.05) is 0 Å². The van der Waals surface area contributed by atoms with E-state index in [1.807, 2.05) is 0 Å². The molecule has 1 nitrogen and oxygen atoms in total. The normalized spacial score (nSPS) is 41.8. The van der Waals surface area contributed by atoms with Crippen molar-refractivity contribution in [3.05, 3.63) is 34.9 Å². The van der Waals surface area contributed by atoms with Crippen molar-refractivity contribution >= 4 is 0 Å². The Morgan fingerprint density at radius 1 is 1.13 bits per heavy atom. The highest BCUT2D eigenvalue weighted by Gasteiger charge is 2.54. The molecule has 1 heteroatoms. The van der Waals surface area contributed by atoms with Gasteiger partial charge in [-0.05, 0) is 109 Å². The molecule has 0 bridgehead atoms. The molecule has 30 heavy (non-hydrogen) atoms. The Labute approximate surface area is 186 Å². The van der Waals surface area contributed by atoms with Gasteiger partial charge in [0.2, 0.25) is 0 Å². The summed E-state index contributed by atoms with van der Waals surface area (Å²) in [6.07, 6.45) is 13.6. The minimum absolute atomic E-state index is 0.0874. The summed E-state index contributed by atoms with van der Waals surface area (Å²) < 4.78 is 0. The van der Waals surface area contributed by atoms with Crippen molar-refractivity contribution in [3.63, 3.8) is 0 Å². The van der Waals surface area contributed by atoms with Crippen molar-refractivity contribution in [2.75, 3.05) is 0 Å². The summed E-state index contributed by atoms with van der Waals surface area (Å²) in [6.45, 7) is 18.8. The molecule has 0 aromatic carbocycles. The Morgan fingerprint density at radius 2 is 1.87 bits per heavy atom. The van der Waals surface area contributed by atoms with Gasteiger partial charge in [0.1, 0.15) is 0 Å². The van der Waals surface area contributed by atoms with E-state index in [1.165, 1.54) is 56.9 Å². The van der Waals surface area contributed by atoms with Gasteiger partial charge in [-0.3, -0.25) is 0 Å². The minimum Gasteiger partial charge on any atom is -0.393 e. The van der Waals surface area contributed by atoms with Crippen LogP contribution in [0.15, 0.2) is 34.9 Å². The van der Waals surface area contributed by atoms with Crippen molar-refractivity contribution in [1.82, 2.24) is 0 Å². The monoisotopic (exact) mass is 410 g/mol. The molecule has 7 unspecified atom stereocenters. The number of hydrogen-bond donors (Lipinski definition) is 1. The lowest BCUT2D eigenvalue weighted by atomic mass is 9.49. The summed E-state index contributed by atoms with van der Waals surface area (Å²) in [5.41, 5.74) is 7.41. The molecule has 7 atom stereocenters. The van der Waals surface area contributed by atoms with Crippen LogP contribution in [-0.4, -0.2) is 11.2 Å². The third-order valence-electron chi connectivity index (χ3n) is 10.4. The molecule has 1 saturated carbocycles. The van der Waals surface area contributed by atoms with Crippen LogP contribution in [0.25, 0.3) is 0 Å². The Bertz CT molecular complexity index is 754. The van der Waals surface area contributed by atoms with Crippen molar-refractivity contribution in [1.29, 1.82) is 0 Å². The van der Waals surface area contributed by atoms with E-state index in [9.17, 15) is 5.11 Å². The Hall–Kier alpha value is -0.820. The number of allylic oxidation sites excluding steroid dienone is 5. The molecular formula is C29H46O. The van der Waals surface area contributed by atoms with Crippen LogP contribution in [0.3, 0.4) is 0 Å². The van der Waals surface area contributed by atoms with Crippen LogP contribution in [0.5, 0.6) is 0 Å². The molecule has 0 aromatic rings. The van der Waals surface area contributed by atoms with Crippen LogP contribution < -0.4 is 0 Å². The first-order chi connectivity index (χ1) is 14.1. The van der Waals surface area contributed by atoms with E-state index in [0.29, 0.717) is 28.6 Å². The first-order valence-corrected chi connectivity index (χ1v) is 12.9. The molecule has 1 N–H and O–H groups in total. The lowest BCUT2D eigenvalue weighted by Gasteiger charge is -2.55. The lowest BCUT2D eigenvalue weighted by Crippen LogP contribution is -2.48. The Kier molecular flexibility index (Phi) is 5.93. The molecule has 1 fully saturated rings. The highest BCUT2D eigenvalue weighted by Crippen LogP contribution is 2.64. The number of aliphatic hydroxyl groups is 1. The molecule has 0 amide bonds. The number of fused-ring (bicyclic) bond motifs is 4. The maximum Gasteiger partial charge on any atom is 0.0569 e. The highest BCUT2D eigenvalue weighted by atomic mass is 16.3. The average molecular weight is 411 g/mol. The minimum atomic E-state index is -0.0874. The zero-order chi connectivity index (χ0) is 21.8. The van der Waals surface area contributed by atoms with Crippen molar-refractivity contribution < 1.29 is 5.11 Å². The summed E-state index contributed by atoms with van der Waals surface area (Å²) >= 11 is 0. The molecule has 0 spiro atoms. The summed E-state index contributed by atoms with van der Waals surface area (Å²) in [6, 6.07) is 0. The van der Waals surface area contributed by atoms with E-state index in [-0.39, 0.29) is 6.10 Å². The highest BCUT2D eigenvalue weighted by molar-refractivity contribution is 5.49. The van der Waals surface area contributed by atoms with E-state index in [2.05, 4.69) is 54.2 Å². The molecule has 0 radical (unpaired) electrons. The second-order valence-electron chi connectivity index (χ2n) is 12.2. The fraction of sp³-hybridized carbons (Fsp3) is 0.793. The summed E-state index contributed by atoms with van der Waals surface area (Å²) in [4.78, 5) is 0. The van der Waals surface area contributed by atoms with Crippen LogP contribution in [0.4, 0.5) is 0 Å². The van der Waals surface area contributed by atoms with Crippen LogP contribution in [0.2, 0.25) is 0 Å².